The maximum Gasteiger partial charge on any atom is 0.263 e. The van der Waals surface area contributed by atoms with Crippen molar-refractivity contribution < 1.29 is 9.59 Å². The highest BCUT2D eigenvalue weighted by Gasteiger charge is 2.27. The number of thiophene rings is 1. The van der Waals surface area contributed by atoms with Crippen LogP contribution in [0.2, 0.25) is 0 Å². The highest BCUT2D eigenvalue weighted by Crippen LogP contribution is 2.33. The molecule has 0 unspecified atom stereocenters. The van der Waals surface area contributed by atoms with Gasteiger partial charge in [0.25, 0.3) is 5.91 Å². The van der Waals surface area contributed by atoms with Crippen LogP contribution in [0.15, 0.2) is 30.6 Å². The summed E-state index contributed by atoms with van der Waals surface area (Å²) in [6, 6.07) is 5.77. The zero-order valence-corrected chi connectivity index (χ0v) is 14.7. The Hall–Kier alpha value is -2.21. The van der Waals surface area contributed by atoms with Gasteiger partial charge in [-0.15, -0.1) is 11.3 Å². The van der Waals surface area contributed by atoms with Gasteiger partial charge in [-0.05, 0) is 42.5 Å². The lowest BCUT2D eigenvalue weighted by molar-refractivity contribution is -0.125. The number of amides is 2. The molecule has 0 fully saturated rings. The molecule has 126 valence electrons. The smallest absolute Gasteiger partial charge is 0.263 e. The molecule has 1 N–H and O–H groups in total. The predicted octanol–water partition coefficient (Wildman–Crippen LogP) is 2.27. The maximum atomic E-state index is 12.4. The van der Waals surface area contributed by atoms with E-state index in [9.17, 15) is 9.59 Å². The number of aromatic nitrogens is 1. The second-order valence-corrected chi connectivity index (χ2v) is 7.41. The van der Waals surface area contributed by atoms with Gasteiger partial charge in [0.1, 0.15) is 0 Å². The van der Waals surface area contributed by atoms with Crippen molar-refractivity contribution in [1.29, 1.82) is 0 Å². The summed E-state index contributed by atoms with van der Waals surface area (Å²) >= 11 is 1.56. The number of rotatable bonds is 4. The molecule has 0 saturated heterocycles. The molecule has 1 aliphatic carbocycles. The lowest BCUT2D eigenvalue weighted by Crippen LogP contribution is -2.33. The lowest BCUT2D eigenvalue weighted by atomic mass is 9.87. The second kappa shape index (κ2) is 7.13. The summed E-state index contributed by atoms with van der Waals surface area (Å²) in [4.78, 5) is 32.2. The lowest BCUT2D eigenvalue weighted by Gasteiger charge is -2.21. The summed E-state index contributed by atoms with van der Waals surface area (Å²) < 4.78 is 0. The van der Waals surface area contributed by atoms with Crippen LogP contribution in [-0.2, 0) is 24.2 Å². The molecule has 3 rings (SSSR count). The molecule has 2 amide bonds. The van der Waals surface area contributed by atoms with Crippen molar-refractivity contribution in [2.75, 3.05) is 14.1 Å². The molecular weight excluding hydrogens is 322 g/mol. The topological polar surface area (TPSA) is 62.3 Å². The Morgan fingerprint density at radius 2 is 2.25 bits per heavy atom. The van der Waals surface area contributed by atoms with Crippen LogP contribution in [0.1, 0.15) is 32.1 Å². The molecule has 0 saturated carbocycles. The third kappa shape index (κ3) is 3.64. The average molecular weight is 343 g/mol. The van der Waals surface area contributed by atoms with Crippen LogP contribution < -0.4 is 5.32 Å². The Bertz CT molecular complexity index is 740. The number of hydrogen-bond acceptors (Lipinski definition) is 4. The minimum absolute atomic E-state index is 0.0221. The van der Waals surface area contributed by atoms with E-state index < -0.39 is 0 Å². The molecule has 0 aromatic carbocycles. The summed E-state index contributed by atoms with van der Waals surface area (Å²) in [7, 11) is 3.52. The van der Waals surface area contributed by atoms with Gasteiger partial charge in [-0.3, -0.25) is 14.6 Å². The zero-order chi connectivity index (χ0) is 17.1. The molecule has 2 aromatic heterocycles. The van der Waals surface area contributed by atoms with Gasteiger partial charge in [0.15, 0.2) is 0 Å². The first-order chi connectivity index (χ1) is 11.5. The van der Waals surface area contributed by atoms with Crippen LogP contribution in [0.25, 0.3) is 0 Å². The number of aryl methyl sites for hydroxylation is 1. The van der Waals surface area contributed by atoms with Crippen molar-refractivity contribution >= 4 is 23.2 Å². The van der Waals surface area contributed by atoms with Crippen molar-refractivity contribution in [2.45, 2.75) is 25.8 Å². The van der Waals surface area contributed by atoms with Gasteiger partial charge in [-0.25, -0.2) is 0 Å². The molecule has 2 heterocycles. The maximum absolute atomic E-state index is 12.4. The van der Waals surface area contributed by atoms with Crippen LogP contribution in [0.3, 0.4) is 0 Å². The Labute approximate surface area is 145 Å². The molecule has 0 radical (unpaired) electrons. The van der Waals surface area contributed by atoms with Gasteiger partial charge < -0.3 is 10.2 Å². The number of hydrogen-bond donors (Lipinski definition) is 1. The quantitative estimate of drug-likeness (QED) is 0.926. The third-order valence-electron chi connectivity index (χ3n) is 4.26. The van der Waals surface area contributed by atoms with Crippen molar-refractivity contribution in [3.05, 3.63) is 51.5 Å². The standard InChI is InChI=1S/C18H21N3O2S/c1-21(2)18(23)16-9-14-8-13(5-6-15(14)24-16)17(22)20-11-12-4-3-7-19-10-12/h3-4,7,9-10,13H,5-6,8,11H2,1-2H3,(H,20,22)/t13-/m0/s1. The van der Waals surface area contributed by atoms with Gasteiger partial charge in [-0.1, -0.05) is 6.07 Å². The molecule has 0 aliphatic heterocycles. The van der Waals surface area contributed by atoms with Gasteiger partial charge in [-0.2, -0.15) is 0 Å². The molecule has 6 heteroatoms. The van der Waals surface area contributed by atoms with Crippen LogP contribution >= 0.6 is 11.3 Å². The molecule has 5 nitrogen and oxygen atoms in total. The van der Waals surface area contributed by atoms with E-state index in [1.165, 1.54) is 4.88 Å². The molecule has 0 spiro atoms. The number of pyridine rings is 1. The van der Waals surface area contributed by atoms with Gasteiger partial charge in [0.05, 0.1) is 4.88 Å². The van der Waals surface area contributed by atoms with E-state index in [0.717, 1.165) is 28.8 Å². The van der Waals surface area contributed by atoms with E-state index in [2.05, 4.69) is 10.3 Å². The molecule has 1 atom stereocenters. The van der Waals surface area contributed by atoms with Crippen LogP contribution in [0.5, 0.6) is 0 Å². The van der Waals surface area contributed by atoms with E-state index in [4.69, 9.17) is 0 Å². The summed E-state index contributed by atoms with van der Waals surface area (Å²) in [5.74, 6) is 0.0919. The number of nitrogens with one attached hydrogen (secondary N) is 1. The van der Waals surface area contributed by atoms with E-state index in [1.54, 1.807) is 42.7 Å². The van der Waals surface area contributed by atoms with E-state index in [0.29, 0.717) is 13.0 Å². The fourth-order valence-electron chi connectivity index (χ4n) is 2.91. The molecular formula is C18H21N3O2S. The Morgan fingerprint density at radius 3 is 2.96 bits per heavy atom. The highest BCUT2D eigenvalue weighted by molar-refractivity contribution is 7.14. The summed E-state index contributed by atoms with van der Waals surface area (Å²) in [5, 5.41) is 3.00. The fraction of sp³-hybridized carbons (Fsp3) is 0.389. The van der Waals surface area contributed by atoms with E-state index in [1.807, 2.05) is 18.2 Å². The molecule has 24 heavy (non-hydrogen) atoms. The monoisotopic (exact) mass is 343 g/mol. The second-order valence-electron chi connectivity index (χ2n) is 6.28. The fourth-order valence-corrected chi connectivity index (χ4v) is 4.14. The average Bonchev–Trinajstić information content (AvgIpc) is 3.02. The zero-order valence-electron chi connectivity index (χ0n) is 13.9. The number of nitrogens with zero attached hydrogens (tertiary/aromatic N) is 2. The Kier molecular flexibility index (Phi) is 4.94. The largest absolute Gasteiger partial charge is 0.352 e. The summed E-state index contributed by atoms with van der Waals surface area (Å²) in [6.07, 6.45) is 5.90. The summed E-state index contributed by atoms with van der Waals surface area (Å²) in [5.41, 5.74) is 2.15. The first kappa shape index (κ1) is 16.6. The minimum Gasteiger partial charge on any atom is -0.352 e. The SMILES string of the molecule is CN(C)C(=O)c1cc2c(s1)CC[C@H](C(=O)NCc1cccnc1)C2. The van der Waals surface area contributed by atoms with Crippen molar-refractivity contribution in [1.82, 2.24) is 15.2 Å². The molecule has 0 bridgehead atoms. The summed E-state index contributed by atoms with van der Waals surface area (Å²) in [6.45, 7) is 0.504. The number of fused-ring (bicyclic) bond motifs is 1. The first-order valence-electron chi connectivity index (χ1n) is 8.04. The van der Waals surface area contributed by atoms with Crippen LogP contribution in [-0.4, -0.2) is 35.8 Å². The van der Waals surface area contributed by atoms with Crippen LogP contribution in [0, 0.1) is 5.92 Å². The van der Waals surface area contributed by atoms with E-state index >= 15 is 0 Å². The number of carbonyl (C=O) groups excluding carboxylic acids is 2. The third-order valence-corrected chi connectivity index (χ3v) is 5.49. The molecule has 2 aromatic rings. The normalized spacial score (nSPS) is 16.3. The van der Waals surface area contributed by atoms with Gasteiger partial charge in [0, 0.05) is 43.8 Å². The molecule has 1 aliphatic rings. The van der Waals surface area contributed by atoms with Crippen molar-refractivity contribution in [3.8, 4) is 0 Å². The number of carbonyl (C=O) groups is 2. The highest BCUT2D eigenvalue weighted by atomic mass is 32.1. The van der Waals surface area contributed by atoms with Crippen molar-refractivity contribution in [2.24, 2.45) is 5.92 Å². The Morgan fingerprint density at radius 1 is 1.42 bits per heavy atom. The Balaban J connectivity index is 1.62. The van der Waals surface area contributed by atoms with E-state index in [-0.39, 0.29) is 17.7 Å². The first-order valence-corrected chi connectivity index (χ1v) is 8.86. The predicted molar refractivity (Wildman–Crippen MR) is 93.9 cm³/mol. The van der Waals surface area contributed by atoms with Crippen LogP contribution in [0.4, 0.5) is 0 Å². The minimum atomic E-state index is -0.0221. The van der Waals surface area contributed by atoms with Gasteiger partial charge >= 0.3 is 0 Å². The van der Waals surface area contributed by atoms with Crippen molar-refractivity contribution in [3.63, 3.8) is 0 Å². The van der Waals surface area contributed by atoms with Gasteiger partial charge in [0.2, 0.25) is 5.91 Å².